The lowest BCUT2D eigenvalue weighted by atomic mass is 10.2. The summed E-state index contributed by atoms with van der Waals surface area (Å²) >= 11 is 0. The summed E-state index contributed by atoms with van der Waals surface area (Å²) in [5.41, 5.74) is 1.07. The minimum atomic E-state index is -3.63. The second-order valence-corrected chi connectivity index (χ2v) is 7.74. The molecule has 1 saturated heterocycles. The molecule has 0 atom stereocenters. The van der Waals surface area contributed by atoms with Crippen molar-refractivity contribution in [3.63, 3.8) is 0 Å². The quantitative estimate of drug-likeness (QED) is 0.779. The van der Waals surface area contributed by atoms with Crippen molar-refractivity contribution in [2.75, 3.05) is 33.4 Å². The van der Waals surface area contributed by atoms with Crippen LogP contribution in [0, 0.1) is 0 Å². The molecule has 1 aliphatic rings. The third-order valence-corrected chi connectivity index (χ3v) is 5.97. The molecular weight excluding hydrogens is 358 g/mol. The second kappa shape index (κ2) is 7.90. The van der Waals surface area contributed by atoms with Crippen LogP contribution in [0.4, 0.5) is 0 Å². The number of ether oxygens (including phenoxy) is 2. The molecule has 0 bridgehead atoms. The van der Waals surface area contributed by atoms with Crippen molar-refractivity contribution in [3.05, 3.63) is 47.8 Å². The Bertz CT molecular complexity index is 872. The molecule has 0 unspecified atom stereocenters. The first-order chi connectivity index (χ1) is 12.5. The van der Waals surface area contributed by atoms with Crippen molar-refractivity contribution in [2.45, 2.75) is 11.4 Å². The van der Waals surface area contributed by atoms with Gasteiger partial charge in [-0.3, -0.25) is 4.79 Å². The Morgan fingerprint density at radius 1 is 1.31 bits per heavy atom. The first-order valence-corrected chi connectivity index (χ1v) is 9.62. The van der Waals surface area contributed by atoms with E-state index in [2.05, 4.69) is 10.3 Å². The van der Waals surface area contributed by atoms with Crippen molar-refractivity contribution in [1.82, 2.24) is 14.6 Å². The number of methoxy groups -OCH3 is 1. The number of carbonyl (C=O) groups excluding carboxylic acids is 1. The number of aromatic amines is 1. The summed E-state index contributed by atoms with van der Waals surface area (Å²) in [4.78, 5) is 15.1. The smallest absolute Gasteiger partial charge is 0.268 e. The number of benzene rings is 1. The number of rotatable bonds is 6. The van der Waals surface area contributed by atoms with Crippen LogP contribution in [0.5, 0.6) is 5.75 Å². The normalized spacial score (nSPS) is 15.6. The van der Waals surface area contributed by atoms with Crippen molar-refractivity contribution in [3.8, 4) is 5.75 Å². The van der Waals surface area contributed by atoms with Crippen molar-refractivity contribution >= 4 is 15.9 Å². The molecular formula is C17H21N3O5S. The molecule has 140 valence electrons. The fourth-order valence-electron chi connectivity index (χ4n) is 2.65. The van der Waals surface area contributed by atoms with Crippen molar-refractivity contribution < 1.29 is 22.7 Å². The van der Waals surface area contributed by atoms with Crippen LogP contribution in [0.2, 0.25) is 0 Å². The number of hydrogen-bond acceptors (Lipinski definition) is 5. The van der Waals surface area contributed by atoms with Gasteiger partial charge < -0.3 is 19.8 Å². The van der Waals surface area contributed by atoms with E-state index in [4.69, 9.17) is 9.47 Å². The largest absolute Gasteiger partial charge is 0.497 e. The number of H-pyrrole nitrogens is 1. The van der Waals surface area contributed by atoms with Gasteiger partial charge in [0.2, 0.25) is 10.0 Å². The van der Waals surface area contributed by atoms with Gasteiger partial charge in [-0.25, -0.2) is 8.42 Å². The van der Waals surface area contributed by atoms with E-state index in [1.165, 1.54) is 16.6 Å². The van der Waals surface area contributed by atoms with Gasteiger partial charge in [0, 0.05) is 25.8 Å². The maximum absolute atomic E-state index is 12.6. The van der Waals surface area contributed by atoms with Gasteiger partial charge in [0.25, 0.3) is 5.91 Å². The average molecular weight is 379 g/mol. The Morgan fingerprint density at radius 3 is 2.81 bits per heavy atom. The number of sulfonamides is 1. The van der Waals surface area contributed by atoms with E-state index < -0.39 is 10.0 Å². The van der Waals surface area contributed by atoms with E-state index >= 15 is 0 Å². The number of nitrogens with zero attached hydrogens (tertiary/aromatic N) is 1. The molecule has 26 heavy (non-hydrogen) atoms. The number of aromatic nitrogens is 1. The highest BCUT2D eigenvalue weighted by atomic mass is 32.2. The maximum Gasteiger partial charge on any atom is 0.268 e. The van der Waals surface area contributed by atoms with Gasteiger partial charge in [0.05, 0.1) is 20.3 Å². The first-order valence-electron chi connectivity index (χ1n) is 8.18. The van der Waals surface area contributed by atoms with Crippen LogP contribution in [0.1, 0.15) is 16.1 Å². The summed E-state index contributed by atoms with van der Waals surface area (Å²) in [6.07, 6.45) is 1.34. The van der Waals surface area contributed by atoms with Crippen LogP contribution in [-0.4, -0.2) is 57.0 Å². The average Bonchev–Trinajstić information content (AvgIpc) is 3.18. The highest BCUT2D eigenvalue weighted by Crippen LogP contribution is 2.18. The van der Waals surface area contributed by atoms with Crippen LogP contribution >= 0.6 is 0 Å². The van der Waals surface area contributed by atoms with E-state index in [1.54, 1.807) is 7.11 Å². The monoisotopic (exact) mass is 379 g/mol. The molecule has 2 N–H and O–H groups in total. The minimum absolute atomic E-state index is 0.0749. The van der Waals surface area contributed by atoms with Gasteiger partial charge >= 0.3 is 0 Å². The first kappa shape index (κ1) is 18.4. The number of hydrogen-bond donors (Lipinski definition) is 2. The minimum Gasteiger partial charge on any atom is -0.497 e. The summed E-state index contributed by atoms with van der Waals surface area (Å²) in [7, 11) is -2.05. The molecule has 1 amide bonds. The van der Waals surface area contributed by atoms with Crippen molar-refractivity contribution in [2.24, 2.45) is 0 Å². The molecule has 8 nitrogen and oxygen atoms in total. The van der Waals surface area contributed by atoms with E-state index in [9.17, 15) is 13.2 Å². The Balaban J connectivity index is 1.65. The standard InChI is InChI=1S/C17H21N3O5S/c1-24-14-4-2-3-13(9-14)11-19-17(21)16-10-15(12-18-16)26(22,23)20-5-7-25-8-6-20/h2-4,9-10,12,18H,5-8,11H2,1H3,(H,19,21). The summed E-state index contributed by atoms with van der Waals surface area (Å²) in [6.45, 7) is 1.67. The molecule has 0 aliphatic carbocycles. The predicted molar refractivity (Wildman–Crippen MR) is 94.5 cm³/mol. The molecule has 0 spiro atoms. The Hall–Kier alpha value is -2.36. The molecule has 0 radical (unpaired) electrons. The predicted octanol–water partition coefficient (Wildman–Crippen LogP) is 0.974. The number of amides is 1. The van der Waals surface area contributed by atoms with Gasteiger partial charge in [-0.15, -0.1) is 0 Å². The zero-order chi connectivity index (χ0) is 18.6. The van der Waals surface area contributed by atoms with Crippen LogP contribution in [0.15, 0.2) is 41.4 Å². The Kier molecular flexibility index (Phi) is 5.60. The number of morpholine rings is 1. The third-order valence-electron chi connectivity index (χ3n) is 4.10. The number of carbonyl (C=O) groups is 1. The zero-order valence-electron chi connectivity index (χ0n) is 14.4. The van der Waals surface area contributed by atoms with E-state index in [0.717, 1.165) is 5.56 Å². The molecule has 1 fully saturated rings. The second-order valence-electron chi connectivity index (χ2n) is 5.80. The molecule has 0 saturated carbocycles. The highest BCUT2D eigenvalue weighted by Gasteiger charge is 2.27. The van der Waals surface area contributed by atoms with Gasteiger partial charge in [-0.2, -0.15) is 4.31 Å². The molecule has 1 aromatic carbocycles. The Labute approximate surface area is 152 Å². The van der Waals surface area contributed by atoms with Gasteiger partial charge in [0.1, 0.15) is 16.3 Å². The highest BCUT2D eigenvalue weighted by molar-refractivity contribution is 7.89. The molecule has 1 aromatic heterocycles. The summed E-state index contributed by atoms with van der Waals surface area (Å²) in [5, 5.41) is 2.76. The van der Waals surface area contributed by atoms with E-state index in [0.29, 0.717) is 38.6 Å². The summed E-state index contributed by atoms with van der Waals surface area (Å²) < 4.78 is 36.8. The van der Waals surface area contributed by atoms with Gasteiger partial charge in [-0.05, 0) is 23.8 Å². The molecule has 2 aromatic rings. The lowest BCUT2D eigenvalue weighted by Crippen LogP contribution is -2.40. The molecule has 3 rings (SSSR count). The van der Waals surface area contributed by atoms with Gasteiger partial charge in [-0.1, -0.05) is 12.1 Å². The molecule has 2 heterocycles. The van der Waals surface area contributed by atoms with Crippen LogP contribution in [0.25, 0.3) is 0 Å². The molecule has 1 aliphatic heterocycles. The van der Waals surface area contributed by atoms with E-state index in [-0.39, 0.29) is 16.5 Å². The lowest BCUT2D eigenvalue weighted by Gasteiger charge is -2.25. The van der Waals surface area contributed by atoms with Crippen LogP contribution in [0.3, 0.4) is 0 Å². The topological polar surface area (TPSA) is 101 Å². The zero-order valence-corrected chi connectivity index (χ0v) is 15.2. The number of nitrogens with one attached hydrogen (secondary N) is 2. The summed E-state index contributed by atoms with van der Waals surface area (Å²) in [6, 6.07) is 8.70. The summed E-state index contributed by atoms with van der Waals surface area (Å²) in [5.74, 6) is 0.326. The Morgan fingerprint density at radius 2 is 2.08 bits per heavy atom. The maximum atomic E-state index is 12.6. The van der Waals surface area contributed by atoms with Crippen molar-refractivity contribution in [1.29, 1.82) is 0 Å². The van der Waals surface area contributed by atoms with E-state index in [1.807, 2.05) is 24.3 Å². The molecule has 9 heteroatoms. The SMILES string of the molecule is COc1cccc(CNC(=O)c2cc(S(=O)(=O)N3CCOCC3)c[nH]2)c1. The fourth-order valence-corrected chi connectivity index (χ4v) is 4.05. The van der Waals surface area contributed by atoms with Crippen LogP contribution in [-0.2, 0) is 21.3 Å². The van der Waals surface area contributed by atoms with Crippen LogP contribution < -0.4 is 10.1 Å². The van der Waals surface area contributed by atoms with Gasteiger partial charge in [0.15, 0.2) is 0 Å². The third kappa shape index (κ3) is 4.06. The lowest BCUT2D eigenvalue weighted by molar-refractivity contribution is 0.0730. The fraction of sp³-hybridized carbons (Fsp3) is 0.353.